The quantitative estimate of drug-likeness (QED) is 0.157. The van der Waals surface area contributed by atoms with E-state index < -0.39 is 47.3 Å². The van der Waals surface area contributed by atoms with Crippen LogP contribution in [0.5, 0.6) is 0 Å². The number of rotatable bonds is 12. The Morgan fingerprint density at radius 1 is 1.10 bits per heavy atom. The number of methoxy groups -OCH3 is 1. The first-order valence-corrected chi connectivity index (χ1v) is 14.9. The molecule has 3 aliphatic heterocycles. The number of carbonyl (C=O) groups is 4. The molecule has 0 unspecified atom stereocenters. The van der Waals surface area contributed by atoms with E-state index in [4.69, 9.17) is 14.2 Å². The Morgan fingerprint density at radius 3 is 2.59 bits per heavy atom. The summed E-state index contributed by atoms with van der Waals surface area (Å²) in [6, 6.07) is 0. The number of unbranched alkanes of at least 4 members (excludes halogenated alkanes) is 3. The fourth-order valence-corrected chi connectivity index (χ4v) is 7.71. The number of ether oxygens (including phenoxy) is 3. The van der Waals surface area contributed by atoms with E-state index in [2.05, 4.69) is 17.5 Å². The normalized spacial score (nSPS) is 35.5. The molecule has 2 N–H and O–H groups in total. The average Bonchev–Trinajstić information content (AvgIpc) is 3.30. The first-order chi connectivity index (χ1) is 19.7. The van der Waals surface area contributed by atoms with E-state index in [1.54, 1.807) is 0 Å². The van der Waals surface area contributed by atoms with Crippen LogP contribution in [0.1, 0.15) is 78.1 Å². The molecule has 9 heteroatoms. The zero-order valence-corrected chi connectivity index (χ0v) is 24.1. The van der Waals surface area contributed by atoms with Gasteiger partial charge in [0.05, 0.1) is 24.9 Å². The molecule has 2 aliphatic carbocycles. The summed E-state index contributed by atoms with van der Waals surface area (Å²) in [5.41, 5.74) is -0.237. The number of nitrogens with one attached hydrogen (secondary N) is 1. The van der Waals surface area contributed by atoms with Crippen LogP contribution in [0.3, 0.4) is 0 Å². The summed E-state index contributed by atoms with van der Waals surface area (Å²) >= 11 is 0. The number of carbonyl (C=O) groups excluding carboxylic acids is 4. The Kier molecular flexibility index (Phi) is 8.51. The van der Waals surface area contributed by atoms with Crippen molar-refractivity contribution >= 4 is 23.6 Å². The van der Waals surface area contributed by atoms with Gasteiger partial charge in [0.15, 0.2) is 12.1 Å². The highest BCUT2D eigenvalue weighted by atomic mass is 16.8. The van der Waals surface area contributed by atoms with E-state index in [-0.39, 0.29) is 36.0 Å². The number of amides is 2. The molecule has 0 saturated carbocycles. The lowest BCUT2D eigenvalue weighted by Crippen LogP contribution is -2.59. The van der Waals surface area contributed by atoms with Gasteiger partial charge < -0.3 is 19.3 Å². The van der Waals surface area contributed by atoms with Crippen molar-refractivity contribution in [1.82, 2.24) is 5.32 Å². The molecule has 2 fully saturated rings. The maximum atomic E-state index is 13.5. The average molecular weight is 568 g/mol. The van der Waals surface area contributed by atoms with Crippen molar-refractivity contribution in [3.8, 4) is 0 Å². The minimum atomic E-state index is -1.63. The van der Waals surface area contributed by atoms with Crippen LogP contribution in [0.25, 0.3) is 0 Å². The van der Waals surface area contributed by atoms with Crippen molar-refractivity contribution in [3.63, 3.8) is 0 Å². The van der Waals surface area contributed by atoms with Gasteiger partial charge in [0.25, 0.3) is 11.8 Å². The van der Waals surface area contributed by atoms with Gasteiger partial charge in [0, 0.05) is 17.6 Å². The van der Waals surface area contributed by atoms with Gasteiger partial charge in [-0.25, -0.2) is 0 Å². The highest BCUT2D eigenvalue weighted by Crippen LogP contribution is 2.68. The smallest absolute Gasteiger partial charge is 0.306 e. The number of hydrogen-bond acceptors (Lipinski definition) is 8. The van der Waals surface area contributed by atoms with Gasteiger partial charge in [0.1, 0.15) is 6.10 Å². The van der Waals surface area contributed by atoms with Crippen LogP contribution in [0.2, 0.25) is 0 Å². The highest BCUT2D eigenvalue weighted by molar-refractivity contribution is 6.20. The third kappa shape index (κ3) is 4.96. The molecular weight excluding hydrogens is 526 g/mol. The first kappa shape index (κ1) is 29.6. The molecule has 2 amide bonds. The summed E-state index contributed by atoms with van der Waals surface area (Å²) in [5, 5.41) is 14.0. The summed E-state index contributed by atoms with van der Waals surface area (Å²) in [7, 11) is 1.27. The lowest BCUT2D eigenvalue weighted by molar-refractivity contribution is -0.315. The Morgan fingerprint density at radius 2 is 1.85 bits per heavy atom. The monoisotopic (exact) mass is 567 g/mol. The van der Waals surface area contributed by atoms with E-state index in [1.807, 2.05) is 32.1 Å². The molecule has 1 spiro atoms. The van der Waals surface area contributed by atoms with E-state index >= 15 is 0 Å². The molecule has 0 aromatic carbocycles. The second kappa shape index (κ2) is 11.8. The van der Waals surface area contributed by atoms with Crippen molar-refractivity contribution < 1.29 is 38.5 Å². The molecule has 0 aromatic heterocycles. The summed E-state index contributed by atoms with van der Waals surface area (Å²) in [4.78, 5) is 52.7. The lowest BCUT2D eigenvalue weighted by atomic mass is 9.59. The Hall–Kier alpha value is -2.88. The Balaban J connectivity index is 1.61. The first-order valence-electron chi connectivity index (χ1n) is 14.9. The number of Topliss-reactive ketones (excluding diaryl/α,β-unsaturated/α-hetero) is 1. The second-order valence-corrected chi connectivity index (χ2v) is 11.9. The van der Waals surface area contributed by atoms with Crippen LogP contribution >= 0.6 is 0 Å². The van der Waals surface area contributed by atoms with Crippen LogP contribution in [0.4, 0.5) is 0 Å². The van der Waals surface area contributed by atoms with Crippen LogP contribution in [0.15, 0.2) is 47.1 Å². The minimum absolute atomic E-state index is 0.0548. The zero-order chi connectivity index (χ0) is 29.4. The van der Waals surface area contributed by atoms with E-state index in [9.17, 15) is 24.3 Å². The van der Waals surface area contributed by atoms with Gasteiger partial charge >= 0.3 is 5.97 Å². The molecule has 7 atom stereocenters. The highest BCUT2D eigenvalue weighted by Gasteiger charge is 2.73. The van der Waals surface area contributed by atoms with Crippen LogP contribution < -0.4 is 5.32 Å². The molecule has 0 aromatic rings. The number of esters is 1. The minimum Gasteiger partial charge on any atom is -0.469 e. The van der Waals surface area contributed by atoms with E-state index in [1.165, 1.54) is 7.11 Å². The topological polar surface area (TPSA) is 128 Å². The molecule has 222 valence electrons. The Bertz CT molecular complexity index is 1230. The number of allylic oxidation sites excluding steroid dienone is 5. The maximum absolute atomic E-state index is 13.5. The lowest BCUT2D eigenvalue weighted by Gasteiger charge is -2.53. The number of imide groups is 1. The molecule has 2 saturated heterocycles. The van der Waals surface area contributed by atoms with Gasteiger partial charge in [-0.2, -0.15) is 0 Å². The number of aliphatic hydroxyl groups excluding tert-OH is 1. The third-order valence-corrected chi connectivity index (χ3v) is 9.60. The fourth-order valence-electron chi connectivity index (χ4n) is 7.71. The van der Waals surface area contributed by atoms with Crippen molar-refractivity contribution in [2.45, 2.75) is 96.2 Å². The van der Waals surface area contributed by atoms with Crippen molar-refractivity contribution in [2.75, 3.05) is 7.11 Å². The summed E-state index contributed by atoms with van der Waals surface area (Å²) in [5.74, 6) is -4.25. The molecule has 5 rings (SSSR count). The van der Waals surface area contributed by atoms with Crippen LogP contribution in [0, 0.1) is 23.2 Å². The molecule has 5 bridgehead atoms. The predicted octanol–water partition coefficient (Wildman–Crippen LogP) is 3.97. The van der Waals surface area contributed by atoms with E-state index in [0.717, 1.165) is 32.1 Å². The second-order valence-electron chi connectivity index (χ2n) is 11.9. The molecule has 5 aliphatic rings. The third-order valence-electron chi connectivity index (χ3n) is 9.60. The van der Waals surface area contributed by atoms with Gasteiger partial charge in [0.2, 0.25) is 5.79 Å². The molecule has 9 nitrogen and oxygen atoms in total. The van der Waals surface area contributed by atoms with Gasteiger partial charge in [-0.15, -0.1) is 0 Å². The molecular formula is C32H41NO8. The zero-order valence-electron chi connectivity index (χ0n) is 24.1. The van der Waals surface area contributed by atoms with Crippen molar-refractivity contribution in [3.05, 3.63) is 47.1 Å². The van der Waals surface area contributed by atoms with Crippen LogP contribution in [-0.2, 0) is 33.4 Å². The molecule has 0 radical (unpaired) electrons. The van der Waals surface area contributed by atoms with Crippen molar-refractivity contribution in [1.29, 1.82) is 0 Å². The molecule has 41 heavy (non-hydrogen) atoms. The van der Waals surface area contributed by atoms with Crippen molar-refractivity contribution in [2.24, 2.45) is 23.2 Å². The predicted molar refractivity (Wildman–Crippen MR) is 149 cm³/mol. The van der Waals surface area contributed by atoms with Gasteiger partial charge in [-0.3, -0.25) is 24.5 Å². The SMILES string of the molecule is C/C=C/CCCCC[C@@H]1C=C2[C@]3(CC(=O)OC)CC4=C(C(=O)NC4=O)[C@H]4[C@H]1C[C@H](C(=O)CC/C=C/C)O[C@]24O[C@@H]3O. The molecule has 3 heterocycles. The number of hydrogen-bond donors (Lipinski definition) is 2. The number of aliphatic hydroxyl groups is 1. The standard InChI is InChI=1S/C32H41NO8/c1-4-6-8-9-10-12-13-19-15-24-31(18-25(35)39-3)17-21-26(29(37)33-28(21)36)27-20(19)16-23(22(34)14-11-7-5-2)40-32(24,27)41-30(31)38/h4-7,15,19-20,23,27,30,38H,8-14,16-18H2,1-3H3,(H,33,36,37)/b6-4+,7-5+/t19-,20+,23-,27-,30+,31-,32+/m1/s1. The van der Waals surface area contributed by atoms with E-state index in [0.29, 0.717) is 30.4 Å². The van der Waals surface area contributed by atoms with Crippen LogP contribution in [-0.4, -0.2) is 54.0 Å². The summed E-state index contributed by atoms with van der Waals surface area (Å²) < 4.78 is 17.9. The number of ketones is 1. The fraction of sp³-hybridized carbons (Fsp3) is 0.625. The summed E-state index contributed by atoms with van der Waals surface area (Å²) in [6.07, 6.45) is 13.6. The van der Waals surface area contributed by atoms with Gasteiger partial charge in [-0.05, 0) is 69.8 Å². The maximum Gasteiger partial charge on any atom is 0.306 e. The van der Waals surface area contributed by atoms with Gasteiger partial charge in [-0.1, -0.05) is 43.2 Å². The summed E-state index contributed by atoms with van der Waals surface area (Å²) in [6.45, 7) is 3.91. The Labute approximate surface area is 241 Å². The largest absolute Gasteiger partial charge is 0.469 e.